The molecule has 104 valence electrons. The Kier molecular flexibility index (Phi) is 5.34. The Hall–Kier alpha value is -1.63. The number of halogens is 1. The van der Waals surface area contributed by atoms with E-state index in [1.165, 1.54) is 0 Å². The first-order chi connectivity index (χ1) is 9.69. The molecule has 0 atom stereocenters. The molecule has 20 heavy (non-hydrogen) atoms. The van der Waals surface area contributed by atoms with E-state index >= 15 is 0 Å². The van der Waals surface area contributed by atoms with Crippen LogP contribution in [-0.4, -0.2) is 17.5 Å². The second kappa shape index (κ2) is 7.23. The minimum absolute atomic E-state index is 0.194. The Morgan fingerprint density at radius 1 is 1.35 bits per heavy atom. The Morgan fingerprint density at radius 2 is 2.20 bits per heavy atom. The van der Waals surface area contributed by atoms with Gasteiger partial charge in [0, 0.05) is 15.3 Å². The van der Waals surface area contributed by atoms with Crippen molar-refractivity contribution in [3.05, 3.63) is 51.7 Å². The largest absolute Gasteiger partial charge is 0.494 e. The third kappa shape index (κ3) is 4.19. The predicted octanol–water partition coefficient (Wildman–Crippen LogP) is 3.73. The van der Waals surface area contributed by atoms with Gasteiger partial charge in [-0.2, -0.15) is 0 Å². The first-order valence-corrected chi connectivity index (χ1v) is 7.42. The van der Waals surface area contributed by atoms with Crippen LogP contribution in [0.5, 0.6) is 5.75 Å². The van der Waals surface area contributed by atoms with Crippen LogP contribution in [0.3, 0.4) is 0 Å². The fourth-order valence-corrected chi connectivity index (χ4v) is 1.90. The van der Waals surface area contributed by atoms with Gasteiger partial charge in [-0.05, 0) is 59.3 Å². The molecule has 2 rings (SSSR count). The number of nitrogens with zero attached hydrogens (tertiary/aromatic N) is 1. The molecule has 0 radical (unpaired) electrons. The Bertz CT molecular complexity index is 585. The maximum atomic E-state index is 12.1. The molecule has 5 heteroatoms. The highest BCUT2D eigenvalue weighted by Crippen LogP contribution is 2.15. The smallest absolute Gasteiger partial charge is 0.256 e. The van der Waals surface area contributed by atoms with Crippen LogP contribution in [0.2, 0.25) is 0 Å². The molecule has 1 amide bonds. The summed E-state index contributed by atoms with van der Waals surface area (Å²) in [7, 11) is 0. The summed E-state index contributed by atoms with van der Waals surface area (Å²) in [5.41, 5.74) is 0.555. The van der Waals surface area contributed by atoms with Crippen LogP contribution in [0.4, 0.5) is 5.82 Å². The molecule has 1 N–H and O–H groups in total. The summed E-state index contributed by atoms with van der Waals surface area (Å²) in [6.07, 6.45) is 2.64. The fourth-order valence-electron chi connectivity index (χ4n) is 1.59. The first-order valence-electron chi connectivity index (χ1n) is 6.35. The average Bonchev–Trinajstić information content (AvgIpc) is 2.48. The van der Waals surface area contributed by atoms with Crippen molar-refractivity contribution in [3.63, 3.8) is 0 Å². The number of ether oxygens (including phenoxy) is 1. The maximum absolute atomic E-state index is 12.1. The molecule has 0 aliphatic heterocycles. The van der Waals surface area contributed by atoms with Gasteiger partial charge in [-0.1, -0.05) is 13.0 Å². The van der Waals surface area contributed by atoms with Gasteiger partial charge in [-0.3, -0.25) is 4.79 Å². The minimum atomic E-state index is -0.194. The van der Waals surface area contributed by atoms with Crippen LogP contribution in [-0.2, 0) is 0 Å². The molecule has 0 unspecified atom stereocenters. The molecule has 0 saturated heterocycles. The normalized spacial score (nSPS) is 10.1. The number of aromatic nitrogens is 1. The number of carbonyl (C=O) groups is 1. The minimum Gasteiger partial charge on any atom is -0.494 e. The zero-order valence-electron chi connectivity index (χ0n) is 11.1. The van der Waals surface area contributed by atoms with Crippen molar-refractivity contribution in [1.29, 1.82) is 0 Å². The van der Waals surface area contributed by atoms with Crippen LogP contribution >= 0.6 is 22.6 Å². The molecule has 1 heterocycles. The number of amides is 1. The fraction of sp³-hybridized carbons (Fsp3) is 0.200. The van der Waals surface area contributed by atoms with Crippen LogP contribution < -0.4 is 10.1 Å². The van der Waals surface area contributed by atoms with Crippen molar-refractivity contribution in [2.45, 2.75) is 13.3 Å². The number of hydrogen-bond acceptors (Lipinski definition) is 3. The average molecular weight is 382 g/mol. The lowest BCUT2D eigenvalue weighted by Crippen LogP contribution is -2.13. The summed E-state index contributed by atoms with van der Waals surface area (Å²) >= 11 is 2.17. The van der Waals surface area contributed by atoms with Gasteiger partial charge in [-0.25, -0.2) is 4.98 Å². The van der Waals surface area contributed by atoms with Gasteiger partial charge in [0.25, 0.3) is 5.91 Å². The lowest BCUT2D eigenvalue weighted by Gasteiger charge is -2.07. The van der Waals surface area contributed by atoms with Crippen molar-refractivity contribution in [2.75, 3.05) is 11.9 Å². The molecular formula is C15H15IN2O2. The number of pyridine rings is 1. The number of rotatable bonds is 5. The number of hydrogen-bond donors (Lipinski definition) is 1. The molecule has 0 bridgehead atoms. The predicted molar refractivity (Wildman–Crippen MR) is 87.1 cm³/mol. The zero-order chi connectivity index (χ0) is 14.4. The second-order valence-corrected chi connectivity index (χ2v) is 5.44. The SMILES string of the molecule is CCCOc1cccc(C(=O)Nc2ccc(I)cn2)c1. The Balaban J connectivity index is 2.06. The van der Waals surface area contributed by atoms with Gasteiger partial charge >= 0.3 is 0 Å². The van der Waals surface area contributed by atoms with Crippen molar-refractivity contribution >= 4 is 34.3 Å². The number of benzene rings is 1. The summed E-state index contributed by atoms with van der Waals surface area (Å²) in [5, 5.41) is 2.76. The quantitative estimate of drug-likeness (QED) is 0.802. The van der Waals surface area contributed by atoms with E-state index in [9.17, 15) is 4.79 Å². The summed E-state index contributed by atoms with van der Waals surface area (Å²) in [4.78, 5) is 16.3. The highest BCUT2D eigenvalue weighted by Gasteiger charge is 2.07. The highest BCUT2D eigenvalue weighted by atomic mass is 127. The molecule has 2 aromatic rings. The van der Waals surface area contributed by atoms with Gasteiger partial charge in [0.05, 0.1) is 6.61 Å². The highest BCUT2D eigenvalue weighted by molar-refractivity contribution is 14.1. The van der Waals surface area contributed by atoms with Crippen LogP contribution in [0.1, 0.15) is 23.7 Å². The summed E-state index contributed by atoms with van der Waals surface area (Å²) in [6.45, 7) is 2.68. The van der Waals surface area contributed by atoms with Crippen LogP contribution in [0.25, 0.3) is 0 Å². The van der Waals surface area contributed by atoms with Gasteiger partial charge in [0.15, 0.2) is 0 Å². The Labute approximate surface area is 131 Å². The third-order valence-corrected chi connectivity index (χ3v) is 3.18. The van der Waals surface area contributed by atoms with E-state index in [1.807, 2.05) is 19.1 Å². The molecule has 4 nitrogen and oxygen atoms in total. The van der Waals surface area contributed by atoms with Crippen molar-refractivity contribution in [3.8, 4) is 5.75 Å². The zero-order valence-corrected chi connectivity index (χ0v) is 13.3. The molecular weight excluding hydrogens is 367 g/mol. The van der Waals surface area contributed by atoms with E-state index in [4.69, 9.17) is 4.74 Å². The van der Waals surface area contributed by atoms with Crippen molar-refractivity contribution in [2.24, 2.45) is 0 Å². The molecule has 0 aliphatic carbocycles. The van der Waals surface area contributed by atoms with Crippen LogP contribution in [0, 0.1) is 3.57 Å². The van der Waals surface area contributed by atoms with Gasteiger partial charge in [-0.15, -0.1) is 0 Å². The molecule has 0 saturated carbocycles. The number of anilines is 1. The summed E-state index contributed by atoms with van der Waals surface area (Å²) in [5.74, 6) is 1.05. The van der Waals surface area contributed by atoms with Crippen LogP contribution in [0.15, 0.2) is 42.6 Å². The van der Waals surface area contributed by atoms with Gasteiger partial charge in [0.1, 0.15) is 11.6 Å². The second-order valence-electron chi connectivity index (χ2n) is 4.19. The molecule has 1 aromatic carbocycles. The number of nitrogens with one attached hydrogen (secondary N) is 1. The summed E-state index contributed by atoms with van der Waals surface area (Å²) < 4.78 is 6.54. The van der Waals surface area contributed by atoms with E-state index in [1.54, 1.807) is 30.5 Å². The lowest BCUT2D eigenvalue weighted by atomic mass is 10.2. The lowest BCUT2D eigenvalue weighted by molar-refractivity contribution is 0.102. The molecule has 1 aromatic heterocycles. The summed E-state index contributed by atoms with van der Waals surface area (Å²) in [6, 6.07) is 10.8. The topological polar surface area (TPSA) is 51.2 Å². The molecule has 0 aliphatic rings. The van der Waals surface area contributed by atoms with Crippen molar-refractivity contribution in [1.82, 2.24) is 4.98 Å². The monoisotopic (exact) mass is 382 g/mol. The van der Waals surface area contributed by atoms with E-state index < -0.39 is 0 Å². The van der Waals surface area contributed by atoms with E-state index in [0.29, 0.717) is 23.7 Å². The standard InChI is InChI=1S/C15H15IN2O2/c1-2-8-20-13-5-3-4-11(9-13)15(19)18-14-7-6-12(16)10-17-14/h3-7,9-10H,2,8H2,1H3,(H,17,18,19). The van der Waals surface area contributed by atoms with E-state index in [0.717, 1.165) is 9.99 Å². The Morgan fingerprint density at radius 3 is 2.90 bits per heavy atom. The number of carbonyl (C=O) groups excluding carboxylic acids is 1. The van der Waals surface area contributed by atoms with E-state index in [-0.39, 0.29) is 5.91 Å². The molecule has 0 spiro atoms. The maximum Gasteiger partial charge on any atom is 0.256 e. The van der Waals surface area contributed by atoms with Crippen molar-refractivity contribution < 1.29 is 9.53 Å². The van der Waals surface area contributed by atoms with Gasteiger partial charge in [0.2, 0.25) is 0 Å². The first kappa shape index (κ1) is 14.8. The van der Waals surface area contributed by atoms with Gasteiger partial charge < -0.3 is 10.1 Å². The third-order valence-electron chi connectivity index (χ3n) is 2.54. The van der Waals surface area contributed by atoms with E-state index in [2.05, 4.69) is 32.9 Å². The molecule has 0 fully saturated rings.